The Kier molecular flexibility index (Phi) is 11.6. The SMILES string of the molecule is Cc1ccc(Cl)cc1N(CC(=O)N(Cc1c(Cl)cccc1Cl)[C@H](Cc1ccccc1)C(=O)NC(C)C)S(=O)(=O)c1ccccc1. The Labute approximate surface area is 279 Å². The summed E-state index contributed by atoms with van der Waals surface area (Å²) in [7, 11) is -4.26. The van der Waals surface area contributed by atoms with E-state index in [9.17, 15) is 18.0 Å². The van der Waals surface area contributed by atoms with Gasteiger partial charge >= 0.3 is 0 Å². The molecule has 0 aliphatic rings. The van der Waals surface area contributed by atoms with Gasteiger partial charge in [-0.1, -0.05) is 95.5 Å². The third kappa shape index (κ3) is 8.58. The smallest absolute Gasteiger partial charge is 0.264 e. The molecule has 0 radical (unpaired) electrons. The second kappa shape index (κ2) is 15.1. The molecule has 0 unspecified atom stereocenters. The van der Waals surface area contributed by atoms with E-state index in [1.165, 1.54) is 23.1 Å². The maximum absolute atomic E-state index is 14.6. The van der Waals surface area contributed by atoms with Gasteiger partial charge in [0, 0.05) is 39.6 Å². The summed E-state index contributed by atoms with van der Waals surface area (Å²) in [5, 5.41) is 3.84. The van der Waals surface area contributed by atoms with Gasteiger partial charge in [0.05, 0.1) is 10.6 Å². The first-order valence-electron chi connectivity index (χ1n) is 14.3. The lowest BCUT2D eigenvalue weighted by Crippen LogP contribution is -2.54. The standard InChI is InChI=1S/C34H34Cl3N3O4S/c1-23(2)38-34(42)32(19-25-11-6-4-7-12-25)39(21-28-29(36)15-10-16-30(28)37)33(41)22-40(31-20-26(35)18-17-24(31)3)45(43,44)27-13-8-5-9-14-27/h4-18,20,23,32H,19,21-22H2,1-3H3,(H,38,42)/t32-/m1/s1. The van der Waals surface area contributed by atoms with Gasteiger partial charge < -0.3 is 10.2 Å². The van der Waals surface area contributed by atoms with E-state index in [1.54, 1.807) is 55.5 Å². The van der Waals surface area contributed by atoms with Crippen molar-refractivity contribution in [1.29, 1.82) is 0 Å². The molecule has 45 heavy (non-hydrogen) atoms. The number of amides is 2. The maximum atomic E-state index is 14.6. The van der Waals surface area contributed by atoms with Crippen LogP contribution in [0.1, 0.15) is 30.5 Å². The van der Waals surface area contributed by atoms with Crippen molar-refractivity contribution in [1.82, 2.24) is 10.2 Å². The van der Waals surface area contributed by atoms with Crippen molar-refractivity contribution in [2.24, 2.45) is 0 Å². The van der Waals surface area contributed by atoms with Crippen LogP contribution in [0.4, 0.5) is 5.69 Å². The molecule has 0 fully saturated rings. The first kappa shape index (κ1) is 34.3. The van der Waals surface area contributed by atoms with Crippen molar-refractivity contribution in [3.63, 3.8) is 0 Å². The predicted molar refractivity (Wildman–Crippen MR) is 181 cm³/mol. The summed E-state index contributed by atoms with van der Waals surface area (Å²) < 4.78 is 29.3. The minimum atomic E-state index is -4.26. The summed E-state index contributed by atoms with van der Waals surface area (Å²) in [4.78, 5) is 29.7. The zero-order chi connectivity index (χ0) is 32.7. The molecular formula is C34H34Cl3N3O4S. The van der Waals surface area contributed by atoms with Crippen molar-refractivity contribution in [3.8, 4) is 0 Å². The molecule has 4 aromatic rings. The van der Waals surface area contributed by atoms with Gasteiger partial charge in [-0.25, -0.2) is 8.42 Å². The van der Waals surface area contributed by atoms with Crippen molar-refractivity contribution < 1.29 is 18.0 Å². The summed E-state index contributed by atoms with van der Waals surface area (Å²) in [6.45, 7) is 4.61. The highest BCUT2D eigenvalue weighted by atomic mass is 35.5. The minimum absolute atomic E-state index is 0.00346. The zero-order valence-corrected chi connectivity index (χ0v) is 28.2. The fraction of sp³-hybridized carbons (Fsp3) is 0.235. The first-order chi connectivity index (χ1) is 21.4. The van der Waals surface area contributed by atoms with Crippen LogP contribution in [0.2, 0.25) is 15.1 Å². The highest BCUT2D eigenvalue weighted by Gasteiger charge is 2.35. The number of carbonyl (C=O) groups is 2. The lowest BCUT2D eigenvalue weighted by atomic mass is 10.0. The summed E-state index contributed by atoms with van der Waals surface area (Å²) in [5.74, 6) is -1.04. The maximum Gasteiger partial charge on any atom is 0.264 e. The number of nitrogens with zero attached hydrogens (tertiary/aromatic N) is 2. The lowest BCUT2D eigenvalue weighted by molar-refractivity contribution is -0.140. The monoisotopic (exact) mass is 685 g/mol. The molecule has 0 spiro atoms. The van der Waals surface area contributed by atoms with Crippen LogP contribution in [-0.2, 0) is 32.6 Å². The number of rotatable bonds is 12. The average Bonchev–Trinajstić information content (AvgIpc) is 3.00. The number of carbonyl (C=O) groups excluding carboxylic acids is 2. The summed E-state index contributed by atoms with van der Waals surface area (Å²) >= 11 is 19.4. The van der Waals surface area contributed by atoms with Crippen LogP contribution >= 0.6 is 34.8 Å². The number of anilines is 1. The normalized spacial score (nSPS) is 12.1. The van der Waals surface area contributed by atoms with Crippen LogP contribution in [0.15, 0.2) is 102 Å². The Balaban J connectivity index is 1.86. The Morgan fingerprint density at radius 2 is 1.42 bits per heavy atom. The Hall–Kier alpha value is -3.56. The van der Waals surface area contributed by atoms with E-state index in [2.05, 4.69) is 5.32 Å². The fourth-order valence-electron chi connectivity index (χ4n) is 4.87. The van der Waals surface area contributed by atoms with Crippen molar-refractivity contribution >= 4 is 62.3 Å². The highest BCUT2D eigenvalue weighted by Crippen LogP contribution is 2.31. The molecule has 0 bridgehead atoms. The van der Waals surface area contributed by atoms with Gasteiger partial charge in [0.2, 0.25) is 11.8 Å². The molecule has 11 heteroatoms. The molecule has 0 saturated heterocycles. The van der Waals surface area contributed by atoms with Crippen LogP contribution in [-0.4, -0.2) is 43.8 Å². The minimum Gasteiger partial charge on any atom is -0.352 e. The number of hydrogen-bond acceptors (Lipinski definition) is 4. The Bertz CT molecular complexity index is 1730. The van der Waals surface area contributed by atoms with Gasteiger partial charge in [0.15, 0.2) is 0 Å². The molecule has 236 valence electrons. The quantitative estimate of drug-likeness (QED) is 0.169. The van der Waals surface area contributed by atoms with Crippen LogP contribution < -0.4 is 9.62 Å². The van der Waals surface area contributed by atoms with E-state index < -0.39 is 34.4 Å². The Morgan fingerprint density at radius 1 is 0.822 bits per heavy atom. The molecular weight excluding hydrogens is 653 g/mol. The van der Waals surface area contributed by atoms with Gasteiger partial charge in [-0.2, -0.15) is 0 Å². The molecule has 2 amide bonds. The summed E-state index contributed by atoms with van der Waals surface area (Å²) in [6.07, 6.45) is 0.162. The van der Waals surface area contributed by atoms with Crippen LogP contribution in [0.5, 0.6) is 0 Å². The molecule has 4 aromatic carbocycles. The molecule has 0 aromatic heterocycles. The van der Waals surface area contributed by atoms with E-state index in [-0.39, 0.29) is 29.6 Å². The van der Waals surface area contributed by atoms with E-state index in [1.807, 2.05) is 44.2 Å². The van der Waals surface area contributed by atoms with E-state index in [0.717, 1.165) is 9.87 Å². The van der Waals surface area contributed by atoms with E-state index >= 15 is 0 Å². The van der Waals surface area contributed by atoms with Crippen LogP contribution in [0, 0.1) is 6.92 Å². The zero-order valence-electron chi connectivity index (χ0n) is 25.1. The third-order valence-electron chi connectivity index (χ3n) is 7.14. The molecule has 0 aliphatic carbocycles. The van der Waals surface area contributed by atoms with Crippen molar-refractivity contribution in [2.75, 3.05) is 10.8 Å². The topological polar surface area (TPSA) is 86.8 Å². The fourth-order valence-corrected chi connectivity index (χ4v) is 7.05. The lowest BCUT2D eigenvalue weighted by Gasteiger charge is -2.34. The first-order valence-corrected chi connectivity index (χ1v) is 16.9. The van der Waals surface area contributed by atoms with E-state index in [4.69, 9.17) is 34.8 Å². The van der Waals surface area contributed by atoms with Gasteiger partial charge in [-0.3, -0.25) is 13.9 Å². The summed E-state index contributed by atoms with van der Waals surface area (Å²) in [6, 6.07) is 25.7. The van der Waals surface area contributed by atoms with Crippen molar-refractivity contribution in [2.45, 2.75) is 50.7 Å². The number of sulfonamides is 1. The van der Waals surface area contributed by atoms with Crippen LogP contribution in [0.3, 0.4) is 0 Å². The van der Waals surface area contributed by atoms with Gasteiger partial charge in [0.25, 0.3) is 10.0 Å². The average molecular weight is 687 g/mol. The number of nitrogens with one attached hydrogen (secondary N) is 1. The van der Waals surface area contributed by atoms with Crippen molar-refractivity contribution in [3.05, 3.63) is 129 Å². The molecule has 1 atom stereocenters. The number of halogens is 3. The highest BCUT2D eigenvalue weighted by molar-refractivity contribution is 7.92. The molecule has 0 heterocycles. The molecule has 0 aliphatic heterocycles. The second-order valence-corrected chi connectivity index (χ2v) is 14.0. The number of benzene rings is 4. The molecule has 7 nitrogen and oxygen atoms in total. The van der Waals surface area contributed by atoms with Crippen LogP contribution in [0.25, 0.3) is 0 Å². The van der Waals surface area contributed by atoms with Gasteiger partial charge in [-0.15, -0.1) is 0 Å². The number of aryl methyl sites for hydroxylation is 1. The molecule has 0 saturated carbocycles. The summed E-state index contributed by atoms with van der Waals surface area (Å²) in [5.41, 5.74) is 2.07. The predicted octanol–water partition coefficient (Wildman–Crippen LogP) is 7.32. The molecule has 1 N–H and O–H groups in total. The third-order valence-corrected chi connectivity index (χ3v) is 9.86. The van der Waals surface area contributed by atoms with Gasteiger partial charge in [-0.05, 0) is 68.3 Å². The molecule has 4 rings (SSSR count). The van der Waals surface area contributed by atoms with Gasteiger partial charge in [0.1, 0.15) is 12.6 Å². The van der Waals surface area contributed by atoms with E-state index in [0.29, 0.717) is 26.2 Å². The number of hydrogen-bond donors (Lipinski definition) is 1. The largest absolute Gasteiger partial charge is 0.352 e. The Morgan fingerprint density at radius 3 is 2.02 bits per heavy atom. The second-order valence-electron chi connectivity index (χ2n) is 10.8.